The lowest BCUT2D eigenvalue weighted by Crippen LogP contribution is -1.99. The Morgan fingerprint density at radius 1 is 1.33 bits per heavy atom. The first-order valence-corrected chi connectivity index (χ1v) is 5.45. The van der Waals surface area contributed by atoms with Crippen LogP contribution >= 0.6 is 0 Å². The fourth-order valence-corrected chi connectivity index (χ4v) is 1.49. The van der Waals surface area contributed by atoms with E-state index in [0.717, 1.165) is 23.8 Å². The smallest absolute Gasteiger partial charge is 0.134 e. The first-order valence-electron chi connectivity index (χ1n) is 5.45. The van der Waals surface area contributed by atoms with Crippen LogP contribution in [0, 0.1) is 5.92 Å². The van der Waals surface area contributed by atoms with Crippen molar-refractivity contribution in [2.24, 2.45) is 5.92 Å². The summed E-state index contributed by atoms with van der Waals surface area (Å²) in [5, 5.41) is 0. The number of Topliss-reactive ketones (excluding diaryl/α,β-unsaturated/α-hetero) is 1. The maximum absolute atomic E-state index is 10.9. The van der Waals surface area contributed by atoms with Gasteiger partial charge < -0.3 is 4.74 Å². The molecular weight excluding hydrogens is 188 g/mol. The Hall–Kier alpha value is -1.31. The van der Waals surface area contributed by atoms with E-state index in [1.807, 2.05) is 24.3 Å². The van der Waals surface area contributed by atoms with Gasteiger partial charge in [-0.05, 0) is 43.4 Å². The summed E-state index contributed by atoms with van der Waals surface area (Å²) in [6.07, 6.45) is 3.13. The Kier molecular flexibility index (Phi) is 3.05. The molecule has 0 aromatic heterocycles. The highest BCUT2D eigenvalue weighted by molar-refractivity contribution is 5.78. The van der Waals surface area contributed by atoms with Crippen LogP contribution in [0.15, 0.2) is 24.3 Å². The average Bonchev–Trinajstić information content (AvgIpc) is 2.99. The Morgan fingerprint density at radius 2 is 2.00 bits per heavy atom. The minimum absolute atomic E-state index is 0.196. The Balaban J connectivity index is 1.87. The minimum atomic E-state index is 0.196. The summed E-state index contributed by atoms with van der Waals surface area (Å²) in [6.45, 7) is 2.45. The molecule has 2 nitrogen and oxygen atoms in total. The number of ether oxygens (including phenoxy) is 1. The molecule has 15 heavy (non-hydrogen) atoms. The van der Waals surface area contributed by atoms with Crippen molar-refractivity contribution in [3.05, 3.63) is 29.8 Å². The molecule has 1 fully saturated rings. The van der Waals surface area contributed by atoms with Gasteiger partial charge in [-0.2, -0.15) is 0 Å². The van der Waals surface area contributed by atoms with Crippen LogP contribution in [0.1, 0.15) is 25.3 Å². The zero-order valence-corrected chi connectivity index (χ0v) is 9.03. The van der Waals surface area contributed by atoms with Crippen molar-refractivity contribution in [2.45, 2.75) is 26.2 Å². The van der Waals surface area contributed by atoms with Crippen molar-refractivity contribution >= 4 is 5.78 Å². The molecule has 1 aromatic carbocycles. The summed E-state index contributed by atoms with van der Waals surface area (Å²) < 4.78 is 5.60. The van der Waals surface area contributed by atoms with Gasteiger partial charge in [-0.1, -0.05) is 12.1 Å². The first kappa shape index (κ1) is 10.2. The molecule has 0 radical (unpaired) electrons. The summed E-state index contributed by atoms with van der Waals surface area (Å²) >= 11 is 0. The van der Waals surface area contributed by atoms with E-state index in [-0.39, 0.29) is 5.78 Å². The molecule has 0 unspecified atom stereocenters. The highest BCUT2D eigenvalue weighted by atomic mass is 16.5. The quantitative estimate of drug-likeness (QED) is 0.737. The van der Waals surface area contributed by atoms with Gasteiger partial charge in [0.25, 0.3) is 0 Å². The second-order valence-electron chi connectivity index (χ2n) is 4.28. The van der Waals surface area contributed by atoms with E-state index in [2.05, 4.69) is 0 Å². The van der Waals surface area contributed by atoms with Crippen LogP contribution in [0.5, 0.6) is 5.75 Å². The van der Waals surface area contributed by atoms with Crippen LogP contribution in [-0.2, 0) is 11.2 Å². The number of hydrogen-bond donors (Lipinski definition) is 0. The molecule has 0 aliphatic heterocycles. The largest absolute Gasteiger partial charge is 0.493 e. The van der Waals surface area contributed by atoms with Crippen molar-refractivity contribution in [2.75, 3.05) is 6.61 Å². The number of rotatable bonds is 5. The molecule has 0 saturated heterocycles. The number of carbonyl (C=O) groups excluding carboxylic acids is 1. The van der Waals surface area contributed by atoms with Crippen LogP contribution in [0.2, 0.25) is 0 Å². The monoisotopic (exact) mass is 204 g/mol. The third-order valence-corrected chi connectivity index (χ3v) is 2.56. The molecular formula is C13H16O2. The number of carbonyl (C=O) groups is 1. The molecule has 0 bridgehead atoms. The molecule has 0 atom stereocenters. The normalized spacial score (nSPS) is 15.0. The molecule has 1 saturated carbocycles. The molecule has 0 spiro atoms. The highest BCUT2D eigenvalue weighted by Crippen LogP contribution is 2.29. The maximum atomic E-state index is 10.9. The first-order chi connectivity index (χ1) is 7.24. The fourth-order valence-electron chi connectivity index (χ4n) is 1.49. The Bertz CT molecular complexity index is 336. The zero-order chi connectivity index (χ0) is 10.7. The molecule has 1 aliphatic carbocycles. The minimum Gasteiger partial charge on any atom is -0.493 e. The van der Waals surface area contributed by atoms with Crippen molar-refractivity contribution in [3.8, 4) is 5.75 Å². The fraction of sp³-hybridized carbons (Fsp3) is 0.462. The third-order valence-electron chi connectivity index (χ3n) is 2.56. The molecule has 1 aliphatic rings. The van der Waals surface area contributed by atoms with Gasteiger partial charge in [0, 0.05) is 6.42 Å². The lowest BCUT2D eigenvalue weighted by atomic mass is 10.1. The van der Waals surface area contributed by atoms with Gasteiger partial charge >= 0.3 is 0 Å². The van der Waals surface area contributed by atoms with Crippen molar-refractivity contribution in [1.82, 2.24) is 0 Å². The lowest BCUT2D eigenvalue weighted by Gasteiger charge is -2.05. The number of hydrogen-bond acceptors (Lipinski definition) is 2. The van der Waals surface area contributed by atoms with Gasteiger partial charge in [0.05, 0.1) is 6.61 Å². The van der Waals surface area contributed by atoms with Gasteiger partial charge in [0.1, 0.15) is 11.5 Å². The van der Waals surface area contributed by atoms with Crippen LogP contribution in [0.4, 0.5) is 0 Å². The van der Waals surface area contributed by atoms with Crippen molar-refractivity contribution < 1.29 is 9.53 Å². The standard InChI is InChI=1S/C13H16O2/c1-10(14)8-11-4-6-13(7-5-11)15-9-12-2-3-12/h4-7,12H,2-3,8-9H2,1H3. The van der Waals surface area contributed by atoms with Gasteiger partial charge in [-0.3, -0.25) is 4.79 Å². The van der Waals surface area contributed by atoms with Crippen LogP contribution in [0.3, 0.4) is 0 Å². The molecule has 2 rings (SSSR count). The molecule has 0 amide bonds. The summed E-state index contributed by atoms with van der Waals surface area (Å²) in [7, 11) is 0. The summed E-state index contributed by atoms with van der Waals surface area (Å²) in [5.41, 5.74) is 1.06. The van der Waals surface area contributed by atoms with Crippen molar-refractivity contribution in [3.63, 3.8) is 0 Å². The highest BCUT2D eigenvalue weighted by Gasteiger charge is 2.21. The van der Waals surface area contributed by atoms with Crippen LogP contribution < -0.4 is 4.74 Å². The van der Waals surface area contributed by atoms with Gasteiger partial charge in [0.15, 0.2) is 0 Å². The Morgan fingerprint density at radius 3 is 2.53 bits per heavy atom. The topological polar surface area (TPSA) is 26.3 Å². The number of benzene rings is 1. The van der Waals surface area contributed by atoms with Crippen LogP contribution in [0.25, 0.3) is 0 Å². The van der Waals surface area contributed by atoms with E-state index < -0.39 is 0 Å². The van der Waals surface area contributed by atoms with E-state index in [0.29, 0.717) is 6.42 Å². The third kappa shape index (κ3) is 3.39. The molecule has 0 N–H and O–H groups in total. The second kappa shape index (κ2) is 4.47. The molecule has 1 aromatic rings. The predicted molar refractivity (Wildman–Crippen MR) is 59.0 cm³/mol. The van der Waals surface area contributed by atoms with Gasteiger partial charge in [-0.25, -0.2) is 0 Å². The lowest BCUT2D eigenvalue weighted by molar-refractivity contribution is -0.116. The van der Waals surface area contributed by atoms with Crippen LogP contribution in [-0.4, -0.2) is 12.4 Å². The van der Waals surface area contributed by atoms with E-state index in [1.54, 1.807) is 6.92 Å². The second-order valence-corrected chi connectivity index (χ2v) is 4.28. The summed E-state index contributed by atoms with van der Waals surface area (Å²) in [5.74, 6) is 1.89. The summed E-state index contributed by atoms with van der Waals surface area (Å²) in [6, 6.07) is 7.81. The van der Waals surface area contributed by atoms with Gasteiger partial charge in [-0.15, -0.1) is 0 Å². The average molecular weight is 204 g/mol. The molecule has 80 valence electrons. The van der Waals surface area contributed by atoms with E-state index in [9.17, 15) is 4.79 Å². The Labute approximate surface area is 90.3 Å². The maximum Gasteiger partial charge on any atom is 0.134 e. The van der Waals surface area contributed by atoms with Gasteiger partial charge in [0.2, 0.25) is 0 Å². The predicted octanol–water partition coefficient (Wildman–Crippen LogP) is 2.61. The van der Waals surface area contributed by atoms with Crippen molar-refractivity contribution in [1.29, 1.82) is 0 Å². The zero-order valence-electron chi connectivity index (χ0n) is 9.03. The molecule has 0 heterocycles. The summed E-state index contributed by atoms with van der Waals surface area (Å²) in [4.78, 5) is 10.9. The number of ketones is 1. The molecule has 2 heteroatoms. The van der Waals surface area contributed by atoms with E-state index >= 15 is 0 Å². The SMILES string of the molecule is CC(=O)Cc1ccc(OCC2CC2)cc1. The van der Waals surface area contributed by atoms with E-state index in [4.69, 9.17) is 4.74 Å². The van der Waals surface area contributed by atoms with E-state index in [1.165, 1.54) is 12.8 Å².